The van der Waals surface area contributed by atoms with E-state index in [1.807, 2.05) is 13.8 Å². The third-order valence-electron chi connectivity index (χ3n) is 8.27. The van der Waals surface area contributed by atoms with Crippen LogP contribution in [0, 0.1) is 11.2 Å². The van der Waals surface area contributed by atoms with E-state index in [0.29, 0.717) is 50.8 Å². The van der Waals surface area contributed by atoms with Crippen molar-refractivity contribution < 1.29 is 13.4 Å². The van der Waals surface area contributed by atoms with Gasteiger partial charge in [0.25, 0.3) is 5.91 Å². The number of hydrogen-bond acceptors (Lipinski definition) is 7. The van der Waals surface area contributed by atoms with Crippen LogP contribution in [0.2, 0.25) is 0 Å². The first-order chi connectivity index (χ1) is 23.8. The van der Waals surface area contributed by atoms with Crippen molar-refractivity contribution in [2.45, 2.75) is 83.2 Å². The van der Waals surface area contributed by atoms with Gasteiger partial charge < -0.3 is 16.0 Å². The van der Waals surface area contributed by atoms with Crippen LogP contribution in [-0.2, 0) is 17.5 Å². The lowest BCUT2D eigenvalue weighted by molar-refractivity contribution is 0.0951. The molecule has 1 heterocycles. The Kier molecular flexibility index (Phi) is 14.3. The van der Waals surface area contributed by atoms with Gasteiger partial charge in [0, 0.05) is 49.2 Å². The van der Waals surface area contributed by atoms with Crippen LogP contribution in [0.1, 0.15) is 92.8 Å². The Bertz CT molecular complexity index is 1680. The lowest BCUT2D eigenvalue weighted by Gasteiger charge is -2.25. The first-order valence-electron chi connectivity index (χ1n) is 17.2. The summed E-state index contributed by atoms with van der Waals surface area (Å²) < 4.78 is 28.2. The maximum Gasteiger partial charge on any atom is 0.251 e. The van der Waals surface area contributed by atoms with Crippen molar-refractivity contribution >= 4 is 40.1 Å². The molecule has 1 unspecified atom stereocenters. The second-order valence-corrected chi connectivity index (χ2v) is 13.2. The molecule has 0 aliphatic heterocycles. The van der Waals surface area contributed by atoms with Crippen LogP contribution < -0.4 is 20.3 Å². The van der Waals surface area contributed by atoms with Crippen molar-refractivity contribution in [3.05, 3.63) is 107 Å². The van der Waals surface area contributed by atoms with Crippen molar-refractivity contribution in [2.75, 3.05) is 28.5 Å². The van der Waals surface area contributed by atoms with Gasteiger partial charge in [-0.25, -0.2) is 13.6 Å². The Morgan fingerprint density at radius 3 is 2.27 bits per heavy atom. The van der Waals surface area contributed by atoms with Crippen LogP contribution in [0.15, 0.2) is 83.9 Å². The van der Waals surface area contributed by atoms with Gasteiger partial charge >= 0.3 is 0 Å². The molecule has 1 aliphatic rings. The SMILES string of the molecule is CC.CCCCNc1ncc(C(=N)c2ccc(S(=O)N(C)c3ccc(C(=O)NCc4ccc(F)cc4)cc3)cc2)c(NC2CCCCC2)n1. The first kappa shape index (κ1) is 37.2. The predicted octanol–water partition coefficient (Wildman–Crippen LogP) is 8.10. The summed E-state index contributed by atoms with van der Waals surface area (Å²) in [5.41, 5.74) is 3.53. The zero-order valence-electron chi connectivity index (χ0n) is 28.9. The second-order valence-electron chi connectivity index (χ2n) is 11.7. The molecule has 1 atom stereocenters. The van der Waals surface area contributed by atoms with Crippen molar-refractivity contribution in [1.29, 1.82) is 5.41 Å². The van der Waals surface area contributed by atoms with Gasteiger partial charge in [0.05, 0.1) is 16.2 Å². The highest BCUT2D eigenvalue weighted by Crippen LogP contribution is 2.26. The Morgan fingerprint density at radius 2 is 1.61 bits per heavy atom. The normalized spacial score (nSPS) is 13.4. The molecule has 0 spiro atoms. The van der Waals surface area contributed by atoms with Gasteiger partial charge in [-0.2, -0.15) is 4.98 Å². The summed E-state index contributed by atoms with van der Waals surface area (Å²) >= 11 is 0. The summed E-state index contributed by atoms with van der Waals surface area (Å²) in [6.45, 7) is 7.22. The molecule has 4 N–H and O–H groups in total. The van der Waals surface area contributed by atoms with Crippen molar-refractivity contribution in [3.63, 3.8) is 0 Å². The van der Waals surface area contributed by atoms with Crippen LogP contribution in [0.25, 0.3) is 0 Å². The van der Waals surface area contributed by atoms with E-state index in [1.54, 1.807) is 78.2 Å². The molecule has 1 aromatic heterocycles. The lowest BCUT2D eigenvalue weighted by atomic mass is 9.95. The predicted molar refractivity (Wildman–Crippen MR) is 198 cm³/mol. The second kappa shape index (κ2) is 18.8. The summed E-state index contributed by atoms with van der Waals surface area (Å²) in [6, 6.07) is 20.3. The number of amides is 1. The monoisotopic (exact) mass is 685 g/mol. The molecule has 3 aromatic carbocycles. The molecule has 4 aromatic rings. The number of rotatable bonds is 14. The molecular weight excluding hydrogens is 638 g/mol. The summed E-state index contributed by atoms with van der Waals surface area (Å²) in [4.78, 5) is 22.5. The molecule has 0 radical (unpaired) electrons. The molecule has 1 saturated carbocycles. The third kappa shape index (κ3) is 10.4. The van der Waals surface area contributed by atoms with E-state index in [9.17, 15) is 13.4 Å². The van der Waals surface area contributed by atoms with E-state index >= 15 is 0 Å². The van der Waals surface area contributed by atoms with Gasteiger partial charge in [0.1, 0.15) is 11.6 Å². The maximum atomic E-state index is 13.5. The molecular formula is C38H48FN7O2S. The quantitative estimate of drug-likeness (QED) is 0.0786. The molecule has 260 valence electrons. The van der Waals surface area contributed by atoms with Crippen LogP contribution in [0.5, 0.6) is 0 Å². The average molecular weight is 686 g/mol. The number of carbonyl (C=O) groups is 1. The highest BCUT2D eigenvalue weighted by Gasteiger charge is 2.20. The van der Waals surface area contributed by atoms with Gasteiger partial charge in [-0.1, -0.05) is 70.7 Å². The molecule has 11 heteroatoms. The average Bonchev–Trinajstić information content (AvgIpc) is 3.15. The molecule has 0 bridgehead atoms. The number of hydrogen-bond donors (Lipinski definition) is 4. The number of unbranched alkanes of at least 4 members (excludes halogenated alkanes) is 1. The standard InChI is InChI=1S/C36H42FN7O2S.C2H6/c1-3-4-22-39-36-41-24-32(34(43-36)42-29-8-6-5-7-9-29)33(38)26-14-20-31(21-15-26)47(46)44(2)30-18-12-27(13-19-30)35(45)40-23-25-10-16-28(37)17-11-25;1-2/h10-21,24,29,38H,3-9,22-23H2,1-2H3,(H,40,45)(H2,39,41,42,43);1-2H3. The highest BCUT2D eigenvalue weighted by atomic mass is 32.2. The minimum atomic E-state index is -1.52. The zero-order valence-corrected chi connectivity index (χ0v) is 29.7. The molecule has 9 nitrogen and oxygen atoms in total. The van der Waals surface area contributed by atoms with E-state index in [-0.39, 0.29) is 18.3 Å². The van der Waals surface area contributed by atoms with E-state index in [4.69, 9.17) is 10.4 Å². The van der Waals surface area contributed by atoms with Crippen molar-refractivity contribution in [1.82, 2.24) is 15.3 Å². The number of carbonyl (C=O) groups excluding carboxylic acids is 1. The summed E-state index contributed by atoms with van der Waals surface area (Å²) in [5.74, 6) is 0.639. The largest absolute Gasteiger partial charge is 0.367 e. The maximum absolute atomic E-state index is 13.5. The van der Waals surface area contributed by atoms with Crippen LogP contribution >= 0.6 is 0 Å². The zero-order chi connectivity index (χ0) is 35.2. The van der Waals surface area contributed by atoms with Gasteiger partial charge in [-0.05, 0) is 73.4 Å². The fourth-order valence-corrected chi connectivity index (χ4v) is 6.43. The fraction of sp³-hybridized carbons (Fsp3) is 0.368. The van der Waals surface area contributed by atoms with E-state index in [1.165, 1.54) is 31.4 Å². The summed E-state index contributed by atoms with van der Waals surface area (Å²) in [6.07, 6.45) is 9.59. The van der Waals surface area contributed by atoms with Gasteiger partial charge in [-0.15, -0.1) is 0 Å². The van der Waals surface area contributed by atoms with E-state index in [2.05, 4.69) is 27.9 Å². The minimum Gasteiger partial charge on any atom is -0.367 e. The van der Waals surface area contributed by atoms with E-state index in [0.717, 1.165) is 37.8 Å². The Morgan fingerprint density at radius 1 is 0.959 bits per heavy atom. The fourth-order valence-electron chi connectivity index (χ4n) is 5.43. The molecule has 1 amide bonds. The highest BCUT2D eigenvalue weighted by molar-refractivity contribution is 7.86. The molecule has 1 aliphatic carbocycles. The van der Waals surface area contributed by atoms with Gasteiger partial charge in [0.15, 0.2) is 11.0 Å². The topological polar surface area (TPSA) is 123 Å². The molecule has 1 fully saturated rings. The molecule has 5 rings (SSSR count). The van der Waals surface area contributed by atoms with E-state index < -0.39 is 11.0 Å². The lowest BCUT2D eigenvalue weighted by Crippen LogP contribution is -2.25. The number of nitrogens with one attached hydrogen (secondary N) is 4. The minimum absolute atomic E-state index is 0.257. The van der Waals surface area contributed by atoms with Gasteiger partial charge in [0.2, 0.25) is 5.95 Å². The van der Waals surface area contributed by atoms with Crippen LogP contribution in [0.3, 0.4) is 0 Å². The Balaban J connectivity index is 0.00000265. The number of aromatic nitrogens is 2. The number of halogens is 1. The molecule has 49 heavy (non-hydrogen) atoms. The first-order valence-corrected chi connectivity index (χ1v) is 18.3. The number of anilines is 3. The third-order valence-corrected chi connectivity index (χ3v) is 9.65. The summed E-state index contributed by atoms with van der Waals surface area (Å²) in [7, 11) is 0.205. The number of nitrogens with zero attached hydrogens (tertiary/aromatic N) is 3. The Labute approximate surface area is 292 Å². The molecule has 0 saturated heterocycles. The smallest absolute Gasteiger partial charge is 0.251 e. The van der Waals surface area contributed by atoms with Crippen molar-refractivity contribution in [3.8, 4) is 0 Å². The van der Waals surface area contributed by atoms with Crippen LogP contribution in [-0.4, -0.2) is 45.4 Å². The summed E-state index contributed by atoms with van der Waals surface area (Å²) in [5, 5.41) is 18.7. The van der Waals surface area contributed by atoms with Gasteiger partial charge in [-0.3, -0.25) is 14.5 Å². The Hall–Kier alpha value is -4.64. The van der Waals surface area contributed by atoms with Crippen LogP contribution in [0.4, 0.5) is 21.8 Å². The number of benzene rings is 3. The van der Waals surface area contributed by atoms with Crippen molar-refractivity contribution in [2.24, 2.45) is 0 Å².